The van der Waals surface area contributed by atoms with E-state index in [9.17, 15) is 14.4 Å². The minimum atomic E-state index is -0.466. The summed E-state index contributed by atoms with van der Waals surface area (Å²) < 4.78 is 0.988. The van der Waals surface area contributed by atoms with Gasteiger partial charge in [-0.1, -0.05) is 88.7 Å². The number of aromatic nitrogens is 1. The fraction of sp³-hybridized carbons (Fsp3) is 0.0526. The second-order valence-corrected chi connectivity index (χ2v) is 13.9. The summed E-state index contributed by atoms with van der Waals surface area (Å²) >= 11 is 6.22. The molecule has 0 saturated carbocycles. The van der Waals surface area contributed by atoms with E-state index >= 15 is 0 Å². The van der Waals surface area contributed by atoms with Crippen molar-refractivity contribution in [3.8, 4) is 11.3 Å². The van der Waals surface area contributed by atoms with E-state index in [4.69, 9.17) is 0 Å². The summed E-state index contributed by atoms with van der Waals surface area (Å²) in [6, 6.07) is 37.5. The number of thioether (sulfide) groups is 1. The molecule has 6 rings (SSSR count). The molecule has 0 aliphatic heterocycles. The summed E-state index contributed by atoms with van der Waals surface area (Å²) in [5, 5.41) is 12.7. The predicted octanol–water partition coefficient (Wildman–Crippen LogP) is 9.25. The first-order chi connectivity index (χ1) is 23.3. The molecular formula is C38H29BrN4O3S2. The van der Waals surface area contributed by atoms with Crippen molar-refractivity contribution in [1.29, 1.82) is 0 Å². The number of rotatable bonds is 10. The smallest absolute Gasteiger partial charge is 0.272 e. The van der Waals surface area contributed by atoms with Crippen molar-refractivity contribution < 1.29 is 14.4 Å². The van der Waals surface area contributed by atoms with Gasteiger partial charge in [0.05, 0.1) is 10.9 Å². The third-order valence-electron chi connectivity index (χ3n) is 7.32. The maximum atomic E-state index is 13.6. The Labute approximate surface area is 294 Å². The van der Waals surface area contributed by atoms with Gasteiger partial charge in [0.1, 0.15) is 5.70 Å². The number of hydrogen-bond donors (Lipinski definition) is 3. The molecule has 0 saturated heterocycles. The van der Waals surface area contributed by atoms with Crippen molar-refractivity contribution in [2.75, 3.05) is 10.6 Å². The summed E-state index contributed by atoms with van der Waals surface area (Å²) in [5.74, 6) is -1.02. The summed E-state index contributed by atoms with van der Waals surface area (Å²) in [4.78, 5) is 45.0. The first kappa shape index (κ1) is 32.9. The molecule has 3 N–H and O–H groups in total. The van der Waals surface area contributed by atoms with E-state index in [2.05, 4.69) is 36.9 Å². The van der Waals surface area contributed by atoms with E-state index < -0.39 is 17.1 Å². The number of halogens is 1. The van der Waals surface area contributed by atoms with Crippen LogP contribution < -0.4 is 16.0 Å². The molecule has 0 bridgehead atoms. The van der Waals surface area contributed by atoms with Crippen LogP contribution in [0, 0.1) is 0 Å². The Morgan fingerprint density at radius 1 is 0.812 bits per heavy atom. The molecule has 5 aromatic carbocycles. The van der Waals surface area contributed by atoms with Crippen molar-refractivity contribution in [1.82, 2.24) is 10.3 Å². The molecule has 0 fully saturated rings. The lowest BCUT2D eigenvalue weighted by Crippen LogP contribution is -2.30. The highest BCUT2D eigenvalue weighted by molar-refractivity contribution is 9.10. The van der Waals surface area contributed by atoms with Gasteiger partial charge in [-0.3, -0.25) is 14.4 Å². The second-order valence-electron chi connectivity index (χ2n) is 10.7. The zero-order valence-corrected chi connectivity index (χ0v) is 28.9. The highest BCUT2D eigenvalue weighted by Crippen LogP contribution is 2.29. The van der Waals surface area contributed by atoms with Crippen LogP contribution in [0.2, 0.25) is 0 Å². The van der Waals surface area contributed by atoms with Gasteiger partial charge in [-0.2, -0.15) is 0 Å². The Kier molecular flexibility index (Phi) is 10.4. The van der Waals surface area contributed by atoms with Crippen LogP contribution in [0.25, 0.3) is 28.1 Å². The highest BCUT2D eigenvalue weighted by Gasteiger charge is 2.18. The second kappa shape index (κ2) is 15.2. The van der Waals surface area contributed by atoms with Crippen LogP contribution in [0.1, 0.15) is 22.8 Å². The third kappa shape index (κ3) is 8.27. The summed E-state index contributed by atoms with van der Waals surface area (Å²) in [6.07, 6.45) is 1.69. The van der Waals surface area contributed by atoms with E-state index in [1.165, 1.54) is 23.1 Å². The quantitative estimate of drug-likeness (QED) is 0.0963. The maximum absolute atomic E-state index is 13.6. The van der Waals surface area contributed by atoms with Crippen LogP contribution >= 0.6 is 39.0 Å². The number of fused-ring (bicyclic) bond motifs is 1. The Balaban J connectivity index is 1.12. The molecule has 48 heavy (non-hydrogen) atoms. The molecule has 6 aromatic rings. The van der Waals surface area contributed by atoms with Crippen molar-refractivity contribution in [2.24, 2.45) is 0 Å². The SMILES string of the molecule is CC(Sc1ccc(NC(=O)/C(=C/c2cccc3ccccc23)NC(=O)c2ccccc2)cc1)C(=O)Nc1nc(-c2ccc(Br)cc2)cs1. The summed E-state index contributed by atoms with van der Waals surface area (Å²) in [5.41, 5.74) is 3.66. The van der Waals surface area contributed by atoms with Crippen LogP contribution in [0.15, 0.2) is 142 Å². The van der Waals surface area contributed by atoms with E-state index in [1.54, 1.807) is 42.5 Å². The molecule has 1 aromatic heterocycles. The standard InChI is InChI=1S/C38H29BrN4O3S2/c1-24(35(44)43-38-42-34(23-47-38)26-14-16-29(39)17-15-26)48-31-20-18-30(19-21-31)40-37(46)33(41-36(45)27-9-3-2-4-10-27)22-28-12-7-11-25-8-5-6-13-32(25)28/h2-24H,1H3,(H,40,46)(H,41,45)(H,42,43,44)/b33-22-. The Hall–Kier alpha value is -5.03. The molecule has 1 heterocycles. The van der Waals surface area contributed by atoms with Gasteiger partial charge < -0.3 is 16.0 Å². The number of carbonyl (C=O) groups excluding carboxylic acids is 3. The first-order valence-electron chi connectivity index (χ1n) is 15.0. The minimum absolute atomic E-state index is 0.106. The van der Waals surface area contributed by atoms with Crippen LogP contribution in [-0.2, 0) is 9.59 Å². The molecule has 1 atom stereocenters. The van der Waals surface area contributed by atoms with Gasteiger partial charge in [-0.15, -0.1) is 23.1 Å². The Morgan fingerprint density at radius 2 is 1.52 bits per heavy atom. The maximum Gasteiger partial charge on any atom is 0.272 e. The monoisotopic (exact) mass is 732 g/mol. The molecular weight excluding hydrogens is 704 g/mol. The van der Waals surface area contributed by atoms with Gasteiger partial charge >= 0.3 is 0 Å². The molecule has 3 amide bonds. The molecule has 0 aliphatic rings. The predicted molar refractivity (Wildman–Crippen MR) is 200 cm³/mol. The zero-order chi connectivity index (χ0) is 33.5. The summed E-state index contributed by atoms with van der Waals surface area (Å²) in [7, 11) is 0. The normalized spacial score (nSPS) is 11.9. The lowest BCUT2D eigenvalue weighted by molar-refractivity contribution is -0.115. The van der Waals surface area contributed by atoms with Gasteiger partial charge in [0.15, 0.2) is 5.13 Å². The van der Waals surface area contributed by atoms with E-state index in [0.717, 1.165) is 37.0 Å². The van der Waals surface area contributed by atoms with Gasteiger partial charge in [-0.05, 0) is 77.9 Å². The highest BCUT2D eigenvalue weighted by atomic mass is 79.9. The van der Waals surface area contributed by atoms with Gasteiger partial charge in [0, 0.05) is 31.6 Å². The van der Waals surface area contributed by atoms with Gasteiger partial charge in [-0.25, -0.2) is 4.98 Å². The van der Waals surface area contributed by atoms with Gasteiger partial charge in [0.2, 0.25) is 5.91 Å². The van der Waals surface area contributed by atoms with Crippen LogP contribution in [0.4, 0.5) is 10.8 Å². The molecule has 0 spiro atoms. The van der Waals surface area contributed by atoms with E-state index in [0.29, 0.717) is 16.4 Å². The number of thiazole rings is 1. The largest absolute Gasteiger partial charge is 0.321 e. The first-order valence-corrected chi connectivity index (χ1v) is 17.5. The molecule has 0 radical (unpaired) electrons. The van der Waals surface area contributed by atoms with Crippen LogP contribution in [-0.4, -0.2) is 28.0 Å². The lowest BCUT2D eigenvalue weighted by atomic mass is 10.0. The average Bonchev–Trinajstić information content (AvgIpc) is 3.58. The van der Waals surface area contributed by atoms with Crippen molar-refractivity contribution in [2.45, 2.75) is 17.1 Å². The molecule has 1 unspecified atom stereocenters. The molecule has 0 aliphatic carbocycles. The number of anilines is 2. The Morgan fingerprint density at radius 3 is 2.29 bits per heavy atom. The van der Waals surface area contributed by atoms with Crippen LogP contribution in [0.5, 0.6) is 0 Å². The fourth-order valence-electron chi connectivity index (χ4n) is 4.84. The molecule has 238 valence electrons. The zero-order valence-electron chi connectivity index (χ0n) is 25.6. The number of nitrogens with zero attached hydrogens (tertiary/aromatic N) is 1. The minimum Gasteiger partial charge on any atom is -0.321 e. The number of hydrogen-bond acceptors (Lipinski definition) is 6. The molecule has 10 heteroatoms. The van der Waals surface area contributed by atoms with Crippen LogP contribution in [0.3, 0.4) is 0 Å². The van der Waals surface area contributed by atoms with E-state index in [-0.39, 0.29) is 11.6 Å². The number of benzene rings is 5. The number of nitrogens with one attached hydrogen (secondary N) is 3. The topological polar surface area (TPSA) is 100 Å². The van der Waals surface area contributed by atoms with Crippen molar-refractivity contribution in [3.05, 3.63) is 148 Å². The fourth-order valence-corrected chi connectivity index (χ4v) is 6.69. The summed E-state index contributed by atoms with van der Waals surface area (Å²) in [6.45, 7) is 1.83. The molecule has 7 nitrogen and oxygen atoms in total. The number of amides is 3. The van der Waals surface area contributed by atoms with E-state index in [1.807, 2.05) is 97.2 Å². The lowest BCUT2D eigenvalue weighted by Gasteiger charge is -2.13. The Bertz CT molecular complexity index is 2110. The average molecular weight is 734 g/mol. The van der Waals surface area contributed by atoms with Gasteiger partial charge in [0.25, 0.3) is 11.8 Å². The number of carbonyl (C=O) groups is 3. The van der Waals surface area contributed by atoms with Crippen molar-refractivity contribution >= 4 is 84.4 Å². The van der Waals surface area contributed by atoms with Crippen molar-refractivity contribution in [3.63, 3.8) is 0 Å². The third-order valence-corrected chi connectivity index (χ3v) is 9.72.